The van der Waals surface area contributed by atoms with Crippen molar-refractivity contribution in [2.75, 3.05) is 33.9 Å². The Morgan fingerprint density at radius 2 is 1.97 bits per heavy atom. The molecule has 1 aromatic heterocycles. The molecule has 156 valence electrons. The maximum atomic E-state index is 6.38. The fourth-order valence-corrected chi connectivity index (χ4v) is 4.38. The molecule has 4 rings (SSSR count). The van der Waals surface area contributed by atoms with Gasteiger partial charge < -0.3 is 14.2 Å². The predicted octanol–water partition coefficient (Wildman–Crippen LogP) is 3.68. The lowest BCUT2D eigenvalue weighted by atomic mass is 9.83. The summed E-state index contributed by atoms with van der Waals surface area (Å²) in [6, 6.07) is 6.04. The Balaban J connectivity index is 1.50. The number of hydrogen-bond donors (Lipinski definition) is 0. The monoisotopic (exact) mass is 397 g/mol. The lowest BCUT2D eigenvalue weighted by Gasteiger charge is -2.44. The Hall–Kier alpha value is -2.18. The van der Waals surface area contributed by atoms with Gasteiger partial charge >= 0.3 is 0 Å². The van der Waals surface area contributed by atoms with Crippen LogP contribution in [0.5, 0.6) is 11.5 Å². The molecule has 29 heavy (non-hydrogen) atoms. The van der Waals surface area contributed by atoms with Crippen LogP contribution < -0.4 is 9.47 Å². The molecule has 1 saturated heterocycles. The van der Waals surface area contributed by atoms with Crippen LogP contribution in [0.4, 0.5) is 0 Å². The van der Waals surface area contributed by atoms with Crippen LogP contribution >= 0.6 is 0 Å². The highest BCUT2D eigenvalue weighted by molar-refractivity contribution is 5.40. The van der Waals surface area contributed by atoms with Crippen LogP contribution in [0, 0.1) is 0 Å². The van der Waals surface area contributed by atoms with Crippen molar-refractivity contribution in [2.45, 2.75) is 51.2 Å². The molecular weight excluding hydrogens is 366 g/mol. The number of fused-ring (bicyclic) bond motifs is 2. The molecule has 2 aromatic rings. The second kappa shape index (κ2) is 8.28. The Bertz CT molecular complexity index is 860. The van der Waals surface area contributed by atoms with E-state index < -0.39 is 0 Å². The second-order valence-corrected chi connectivity index (χ2v) is 8.30. The molecule has 0 N–H and O–H groups in total. The zero-order chi connectivity index (χ0) is 20.4. The minimum Gasteiger partial charge on any atom is -0.497 e. The second-order valence-electron chi connectivity index (χ2n) is 8.30. The summed E-state index contributed by atoms with van der Waals surface area (Å²) in [7, 11) is 3.39. The van der Waals surface area contributed by atoms with Gasteiger partial charge in [0.15, 0.2) is 0 Å². The van der Waals surface area contributed by atoms with Gasteiger partial charge in [-0.15, -0.1) is 0 Å². The number of rotatable bonds is 5. The van der Waals surface area contributed by atoms with Crippen molar-refractivity contribution in [2.24, 2.45) is 0 Å². The first-order chi connectivity index (χ1) is 14.0. The Labute approximate surface area is 173 Å². The van der Waals surface area contributed by atoms with Crippen molar-refractivity contribution < 1.29 is 14.2 Å². The number of nitrogens with zero attached hydrogens (tertiary/aromatic N) is 3. The standard InChI is InChI=1S/C23H31N3O3/c1-16(2)22-24-14-17-7-12-29-23(21(17)25-22)8-10-26(11-9-23)15-18-5-6-19(27-3)13-20(18)28-4/h5-6,13-14,16H,7-12,15H2,1-4H3. The molecule has 6 heteroatoms. The molecule has 0 bridgehead atoms. The van der Waals surface area contributed by atoms with Crippen molar-refractivity contribution in [3.05, 3.63) is 47.0 Å². The molecule has 6 nitrogen and oxygen atoms in total. The van der Waals surface area contributed by atoms with Crippen LogP contribution in [0.15, 0.2) is 24.4 Å². The number of piperidine rings is 1. The molecule has 1 aromatic carbocycles. The van der Waals surface area contributed by atoms with Gasteiger partial charge in [-0.05, 0) is 30.9 Å². The highest BCUT2D eigenvalue weighted by Gasteiger charge is 2.42. The minimum atomic E-state index is -0.263. The van der Waals surface area contributed by atoms with Gasteiger partial charge in [-0.1, -0.05) is 19.9 Å². The highest BCUT2D eigenvalue weighted by atomic mass is 16.5. The minimum absolute atomic E-state index is 0.263. The number of hydrogen-bond acceptors (Lipinski definition) is 6. The number of aromatic nitrogens is 2. The first-order valence-electron chi connectivity index (χ1n) is 10.5. The molecule has 1 fully saturated rings. The average molecular weight is 398 g/mol. The summed E-state index contributed by atoms with van der Waals surface area (Å²) >= 11 is 0. The number of methoxy groups -OCH3 is 2. The molecule has 3 heterocycles. The average Bonchev–Trinajstić information content (AvgIpc) is 2.75. The summed E-state index contributed by atoms with van der Waals surface area (Å²) in [4.78, 5) is 12.0. The highest BCUT2D eigenvalue weighted by Crippen LogP contribution is 2.41. The zero-order valence-electron chi connectivity index (χ0n) is 17.9. The molecule has 0 atom stereocenters. The SMILES string of the molecule is COc1ccc(CN2CCC3(CC2)OCCc2cnc(C(C)C)nc23)c(OC)c1. The summed E-state index contributed by atoms with van der Waals surface area (Å²) in [5.74, 6) is 2.93. The van der Waals surface area contributed by atoms with Gasteiger partial charge in [0, 0.05) is 43.4 Å². The molecule has 0 aliphatic carbocycles. The van der Waals surface area contributed by atoms with E-state index in [4.69, 9.17) is 19.2 Å². The molecule has 0 radical (unpaired) electrons. The van der Waals surface area contributed by atoms with E-state index in [0.717, 1.165) is 68.5 Å². The summed E-state index contributed by atoms with van der Waals surface area (Å²) in [6.07, 6.45) is 4.83. The Morgan fingerprint density at radius 3 is 2.66 bits per heavy atom. The predicted molar refractivity (Wildman–Crippen MR) is 112 cm³/mol. The van der Waals surface area contributed by atoms with Gasteiger partial charge in [0.1, 0.15) is 22.9 Å². The third kappa shape index (κ3) is 3.96. The van der Waals surface area contributed by atoms with Gasteiger partial charge in [0.2, 0.25) is 0 Å². The molecule has 0 saturated carbocycles. The van der Waals surface area contributed by atoms with Gasteiger partial charge in [0.25, 0.3) is 0 Å². The van der Waals surface area contributed by atoms with Crippen LogP contribution in [0.3, 0.4) is 0 Å². The molecule has 2 aliphatic rings. The van der Waals surface area contributed by atoms with E-state index in [0.29, 0.717) is 5.92 Å². The van der Waals surface area contributed by atoms with Crippen molar-refractivity contribution >= 4 is 0 Å². The summed E-state index contributed by atoms with van der Waals surface area (Å²) in [6.45, 7) is 7.83. The van der Waals surface area contributed by atoms with E-state index in [1.807, 2.05) is 18.3 Å². The lowest BCUT2D eigenvalue weighted by Crippen LogP contribution is -2.47. The topological polar surface area (TPSA) is 56.7 Å². The van der Waals surface area contributed by atoms with Crippen LogP contribution in [0.2, 0.25) is 0 Å². The quantitative estimate of drug-likeness (QED) is 0.767. The third-order valence-electron chi connectivity index (χ3n) is 6.13. The maximum Gasteiger partial charge on any atom is 0.131 e. The first kappa shape index (κ1) is 20.1. The van der Waals surface area contributed by atoms with E-state index >= 15 is 0 Å². The summed E-state index contributed by atoms with van der Waals surface area (Å²) < 4.78 is 17.3. The van der Waals surface area contributed by atoms with E-state index in [9.17, 15) is 0 Å². The van der Waals surface area contributed by atoms with Crippen molar-refractivity contribution in [3.63, 3.8) is 0 Å². The van der Waals surface area contributed by atoms with Gasteiger partial charge in [0.05, 0.1) is 26.5 Å². The number of benzene rings is 1. The molecule has 1 spiro atoms. The Kier molecular flexibility index (Phi) is 5.74. The van der Waals surface area contributed by atoms with Crippen LogP contribution in [-0.4, -0.2) is 48.8 Å². The number of ether oxygens (including phenoxy) is 3. The third-order valence-corrected chi connectivity index (χ3v) is 6.13. The van der Waals surface area contributed by atoms with Gasteiger partial charge in [-0.3, -0.25) is 4.90 Å². The summed E-state index contributed by atoms with van der Waals surface area (Å²) in [5.41, 5.74) is 3.30. The normalized spacial score (nSPS) is 18.7. The largest absolute Gasteiger partial charge is 0.497 e. The van der Waals surface area contributed by atoms with E-state index in [1.165, 1.54) is 11.1 Å². The fourth-order valence-electron chi connectivity index (χ4n) is 4.38. The molecule has 0 unspecified atom stereocenters. The van der Waals surface area contributed by atoms with Crippen LogP contribution in [-0.2, 0) is 23.3 Å². The lowest BCUT2D eigenvalue weighted by molar-refractivity contribution is -0.102. The van der Waals surface area contributed by atoms with E-state index in [2.05, 4.69) is 29.8 Å². The number of likely N-dealkylation sites (tertiary alicyclic amines) is 1. The molecule has 2 aliphatic heterocycles. The smallest absolute Gasteiger partial charge is 0.131 e. The van der Waals surface area contributed by atoms with Crippen molar-refractivity contribution in [1.29, 1.82) is 0 Å². The maximum absolute atomic E-state index is 6.38. The molecular formula is C23H31N3O3. The summed E-state index contributed by atoms with van der Waals surface area (Å²) in [5, 5.41) is 0. The van der Waals surface area contributed by atoms with E-state index in [1.54, 1.807) is 14.2 Å². The Morgan fingerprint density at radius 1 is 1.17 bits per heavy atom. The van der Waals surface area contributed by atoms with Crippen LogP contribution in [0.25, 0.3) is 0 Å². The van der Waals surface area contributed by atoms with Crippen LogP contribution in [0.1, 0.15) is 55.3 Å². The van der Waals surface area contributed by atoms with E-state index in [-0.39, 0.29) is 5.60 Å². The first-order valence-corrected chi connectivity index (χ1v) is 10.5. The molecule has 0 amide bonds. The van der Waals surface area contributed by atoms with Gasteiger partial charge in [-0.25, -0.2) is 9.97 Å². The zero-order valence-corrected chi connectivity index (χ0v) is 17.9. The van der Waals surface area contributed by atoms with Gasteiger partial charge in [-0.2, -0.15) is 0 Å². The van der Waals surface area contributed by atoms with Crippen molar-refractivity contribution in [3.8, 4) is 11.5 Å². The van der Waals surface area contributed by atoms with Crippen molar-refractivity contribution in [1.82, 2.24) is 14.9 Å². The fraction of sp³-hybridized carbons (Fsp3) is 0.565.